The average molecular weight is 574 g/mol. The zero-order chi connectivity index (χ0) is 26.2. The fourth-order valence-corrected chi connectivity index (χ4v) is 6.06. The fourth-order valence-electron chi connectivity index (χ4n) is 3.87. The normalized spacial score (nSPS) is 12.4. The van der Waals surface area contributed by atoms with E-state index in [1.165, 1.54) is 34.8 Å². The largest absolute Gasteiger partial charge is 1.00 e. The molecule has 1 aliphatic rings. The Kier molecular flexibility index (Phi) is 8.12. The molecule has 2 heterocycles. The van der Waals surface area contributed by atoms with Crippen molar-refractivity contribution < 1.29 is 35.1 Å². The Morgan fingerprint density at radius 2 is 1.61 bits per heavy atom. The molecule has 1 amide bonds. The van der Waals surface area contributed by atoms with Crippen LogP contribution in [0.15, 0.2) is 71.6 Å². The number of carbonyl (C=O) groups excluding carboxylic acids is 1. The van der Waals surface area contributed by atoms with Crippen LogP contribution in [0.2, 0.25) is 0 Å². The number of likely N-dealkylation sites (N-methyl/N-ethyl adjacent to an activating group) is 1. The molecule has 0 fully saturated rings. The Balaban J connectivity index is 0.00000336. The first kappa shape index (κ1) is 27.6. The van der Waals surface area contributed by atoms with Crippen molar-refractivity contribution in [2.75, 3.05) is 50.2 Å². The van der Waals surface area contributed by atoms with Gasteiger partial charge in [0, 0.05) is 37.8 Å². The van der Waals surface area contributed by atoms with E-state index in [2.05, 4.69) is 0 Å². The van der Waals surface area contributed by atoms with Crippen molar-refractivity contribution in [1.82, 2.24) is 9.88 Å². The van der Waals surface area contributed by atoms with E-state index in [4.69, 9.17) is 14.5 Å². The van der Waals surface area contributed by atoms with E-state index in [9.17, 15) is 13.2 Å². The summed E-state index contributed by atoms with van der Waals surface area (Å²) in [5.74, 6) is 1.03. The van der Waals surface area contributed by atoms with E-state index in [-0.39, 0.29) is 30.0 Å². The van der Waals surface area contributed by atoms with Crippen molar-refractivity contribution in [3.05, 3.63) is 72.3 Å². The van der Waals surface area contributed by atoms with Gasteiger partial charge in [-0.1, -0.05) is 29.5 Å². The number of nitrogens with zero attached hydrogens (tertiary/aromatic N) is 4. The van der Waals surface area contributed by atoms with Crippen LogP contribution in [0.4, 0.5) is 10.8 Å². The molecule has 0 aliphatic carbocycles. The number of para-hydroxylation sites is 1. The minimum Gasteiger partial charge on any atom is -1.00 e. The van der Waals surface area contributed by atoms with Crippen LogP contribution >= 0.6 is 11.3 Å². The molecule has 0 atom stereocenters. The molecule has 0 radical (unpaired) electrons. The second-order valence-electron chi connectivity index (χ2n) is 8.76. The molecule has 0 unspecified atom stereocenters. The lowest BCUT2D eigenvalue weighted by atomic mass is 10.2. The summed E-state index contributed by atoms with van der Waals surface area (Å²) in [4.78, 5) is 22.0. The number of hydrogen-bond donors (Lipinski definition) is 0. The zero-order valence-corrected chi connectivity index (χ0v) is 23.4. The third-order valence-corrected chi connectivity index (χ3v) is 8.84. The Morgan fingerprint density at radius 1 is 0.947 bits per heavy atom. The third-order valence-electron chi connectivity index (χ3n) is 6.00. The van der Waals surface area contributed by atoms with Crippen LogP contribution in [0.5, 0.6) is 11.5 Å². The van der Waals surface area contributed by atoms with Crippen LogP contribution in [0, 0.1) is 0 Å². The Bertz CT molecular complexity index is 1500. The van der Waals surface area contributed by atoms with Crippen molar-refractivity contribution >= 4 is 48.3 Å². The number of benzene rings is 3. The molecular weight excluding hydrogens is 548 g/mol. The van der Waals surface area contributed by atoms with Gasteiger partial charge in [0.2, 0.25) is 6.79 Å². The van der Waals surface area contributed by atoms with E-state index in [1.807, 2.05) is 37.2 Å². The lowest BCUT2D eigenvalue weighted by molar-refractivity contribution is -0.0000189. The highest BCUT2D eigenvalue weighted by Gasteiger charge is 2.25. The molecule has 3 aromatic carbocycles. The molecule has 0 spiro atoms. The number of sulfonamides is 1. The van der Waals surface area contributed by atoms with Gasteiger partial charge in [-0.2, -0.15) is 0 Å². The number of amides is 1. The van der Waals surface area contributed by atoms with Crippen molar-refractivity contribution in [2.45, 2.75) is 4.90 Å². The van der Waals surface area contributed by atoms with Crippen molar-refractivity contribution in [3.63, 3.8) is 0 Å². The molecule has 5 rings (SSSR count). The summed E-state index contributed by atoms with van der Waals surface area (Å²) in [6.07, 6.45) is 0. The number of halogens is 1. The summed E-state index contributed by atoms with van der Waals surface area (Å²) in [5.41, 5.74) is 1.64. The van der Waals surface area contributed by atoms with Crippen molar-refractivity contribution in [2.24, 2.45) is 0 Å². The molecule has 200 valence electrons. The monoisotopic (exact) mass is 573 g/mol. The number of ether oxygens (including phenoxy) is 2. The Hall–Kier alpha value is -3.38. The van der Waals surface area contributed by atoms with Gasteiger partial charge in [-0.25, -0.2) is 13.4 Å². The molecule has 4 aromatic rings. The molecule has 0 N–H and O–H groups in total. The molecule has 0 saturated carbocycles. The highest BCUT2D eigenvalue weighted by atomic mass is 35.5. The molecule has 1 aromatic heterocycles. The van der Waals surface area contributed by atoms with Gasteiger partial charge in [0.05, 0.1) is 20.8 Å². The van der Waals surface area contributed by atoms with E-state index in [0.29, 0.717) is 41.0 Å². The Morgan fingerprint density at radius 3 is 2.26 bits per heavy atom. The quantitative estimate of drug-likeness (QED) is 0.311. The van der Waals surface area contributed by atoms with Gasteiger partial charge < -0.3 is 26.8 Å². The lowest BCUT2D eigenvalue weighted by Gasteiger charge is -2.22. The maximum Gasteiger partial charge on any atom is 0.264 e. The number of anilines is 2. The first-order chi connectivity index (χ1) is 17.7. The third kappa shape index (κ3) is 5.41. The lowest BCUT2D eigenvalue weighted by Crippen LogP contribution is -3.00. The van der Waals surface area contributed by atoms with E-state index < -0.39 is 10.0 Å². The first-order valence-electron chi connectivity index (χ1n) is 11.5. The minimum absolute atomic E-state index is 0. The number of rotatable bonds is 8. The van der Waals surface area contributed by atoms with E-state index in [0.717, 1.165) is 10.2 Å². The number of thiazole rings is 1. The van der Waals surface area contributed by atoms with Gasteiger partial charge in [0.1, 0.15) is 0 Å². The van der Waals surface area contributed by atoms with Gasteiger partial charge in [0.25, 0.3) is 15.9 Å². The standard InChI is InChI=1S/C26H26N4O5S2.ClH/c1-28(2)13-14-30(26-27-21-15-22-23(35-17-34-22)16-24(21)36-26)25(31)18-9-11-20(12-10-18)37(32,33)29(3)19-7-5-4-6-8-19;/h4-12,15-16H,13-14,17H2,1-3H3;1H/p-1. The van der Waals surface area contributed by atoms with Crippen LogP contribution < -0.4 is 31.1 Å². The van der Waals surface area contributed by atoms with Crippen LogP contribution in [0.25, 0.3) is 10.2 Å². The summed E-state index contributed by atoms with van der Waals surface area (Å²) in [6.45, 7) is 1.22. The van der Waals surface area contributed by atoms with E-state index in [1.54, 1.807) is 41.3 Å². The number of aromatic nitrogens is 1. The second-order valence-corrected chi connectivity index (χ2v) is 11.7. The van der Waals surface area contributed by atoms with Crippen LogP contribution in [-0.2, 0) is 10.0 Å². The Labute approximate surface area is 231 Å². The van der Waals surface area contributed by atoms with Crippen LogP contribution in [-0.4, -0.2) is 65.2 Å². The summed E-state index contributed by atoms with van der Waals surface area (Å²) in [5, 5.41) is 0.547. The predicted molar refractivity (Wildman–Crippen MR) is 144 cm³/mol. The van der Waals surface area contributed by atoms with Gasteiger partial charge in [-0.15, -0.1) is 0 Å². The first-order valence-corrected chi connectivity index (χ1v) is 13.8. The number of carbonyl (C=O) groups is 1. The predicted octanol–water partition coefficient (Wildman–Crippen LogP) is 1.06. The molecule has 0 bridgehead atoms. The molecule has 9 nitrogen and oxygen atoms in total. The number of hydrogen-bond acceptors (Lipinski definition) is 8. The van der Waals surface area contributed by atoms with Crippen LogP contribution in [0.3, 0.4) is 0 Å². The van der Waals surface area contributed by atoms with Gasteiger partial charge in [-0.3, -0.25) is 14.0 Å². The summed E-state index contributed by atoms with van der Waals surface area (Å²) in [6, 6.07) is 18.5. The highest BCUT2D eigenvalue weighted by molar-refractivity contribution is 7.92. The van der Waals surface area contributed by atoms with Crippen molar-refractivity contribution in [3.8, 4) is 11.5 Å². The van der Waals surface area contributed by atoms with E-state index >= 15 is 0 Å². The summed E-state index contributed by atoms with van der Waals surface area (Å²) < 4.78 is 39.3. The SMILES string of the molecule is CN(C)CCN(C(=O)c1ccc(S(=O)(=O)N(C)c2ccccc2)cc1)c1nc2cc3c(cc2s1)OCO3.[Cl-]. The maximum atomic E-state index is 13.6. The summed E-state index contributed by atoms with van der Waals surface area (Å²) >= 11 is 1.39. The molecule has 1 aliphatic heterocycles. The average Bonchev–Trinajstić information content (AvgIpc) is 3.53. The van der Waals surface area contributed by atoms with Gasteiger partial charge >= 0.3 is 0 Å². The number of fused-ring (bicyclic) bond motifs is 2. The topological polar surface area (TPSA) is 92.3 Å². The molecule has 12 heteroatoms. The van der Waals surface area contributed by atoms with Crippen LogP contribution in [0.1, 0.15) is 10.4 Å². The highest BCUT2D eigenvalue weighted by Crippen LogP contribution is 2.40. The molecular formula is C26H26ClN4O5S2-. The maximum absolute atomic E-state index is 13.6. The fraction of sp³-hybridized carbons (Fsp3) is 0.231. The van der Waals surface area contributed by atoms with Crippen molar-refractivity contribution in [1.29, 1.82) is 0 Å². The van der Waals surface area contributed by atoms with Gasteiger partial charge in [0.15, 0.2) is 16.6 Å². The van der Waals surface area contributed by atoms with Gasteiger partial charge in [-0.05, 0) is 50.5 Å². The zero-order valence-electron chi connectivity index (χ0n) is 21.0. The molecule has 38 heavy (non-hydrogen) atoms. The summed E-state index contributed by atoms with van der Waals surface area (Å²) in [7, 11) is 1.59. The smallest absolute Gasteiger partial charge is 0.264 e. The second kappa shape index (κ2) is 11.2. The molecule has 0 saturated heterocycles. The minimum atomic E-state index is -3.78.